The lowest BCUT2D eigenvalue weighted by atomic mass is 10.1. The van der Waals surface area contributed by atoms with Gasteiger partial charge in [0.2, 0.25) is 0 Å². The van der Waals surface area contributed by atoms with Crippen LogP contribution in [0.2, 0.25) is 5.02 Å². The van der Waals surface area contributed by atoms with Crippen LogP contribution in [0, 0.1) is 13.8 Å². The van der Waals surface area contributed by atoms with Gasteiger partial charge in [-0.1, -0.05) is 23.4 Å². The summed E-state index contributed by atoms with van der Waals surface area (Å²) in [6.07, 6.45) is 0. The number of carbonyl (C=O) groups is 1. The molecular weight excluding hydrogens is 426 g/mol. The number of benzene rings is 1. The van der Waals surface area contributed by atoms with Gasteiger partial charge in [-0.25, -0.2) is 4.98 Å². The quantitative estimate of drug-likeness (QED) is 0.348. The molecule has 0 aliphatic heterocycles. The molecule has 2 N–H and O–H groups in total. The first-order chi connectivity index (χ1) is 13.8. The van der Waals surface area contributed by atoms with Crippen LogP contribution in [0.1, 0.15) is 21.6 Å². The summed E-state index contributed by atoms with van der Waals surface area (Å²) < 4.78 is 1.86. The number of rotatable bonds is 5. The van der Waals surface area contributed by atoms with Crippen LogP contribution in [0.4, 0.5) is 5.69 Å². The van der Waals surface area contributed by atoms with Crippen molar-refractivity contribution in [2.45, 2.75) is 19.0 Å². The number of nitrogens with zero attached hydrogens (tertiary/aromatic N) is 4. The minimum absolute atomic E-state index is 0.00731. The van der Waals surface area contributed by atoms with E-state index >= 15 is 0 Å². The highest BCUT2D eigenvalue weighted by Crippen LogP contribution is 2.41. The lowest BCUT2D eigenvalue weighted by Gasteiger charge is -2.04. The van der Waals surface area contributed by atoms with Crippen LogP contribution in [0.3, 0.4) is 0 Å². The third kappa shape index (κ3) is 3.75. The van der Waals surface area contributed by atoms with Crippen molar-refractivity contribution in [2.75, 3.05) is 11.5 Å². The van der Waals surface area contributed by atoms with E-state index in [1.54, 1.807) is 24.3 Å². The summed E-state index contributed by atoms with van der Waals surface area (Å²) in [5.74, 6) is 0.937. The van der Waals surface area contributed by atoms with E-state index < -0.39 is 0 Å². The average molecular weight is 444 g/mol. The molecule has 0 saturated heterocycles. The number of nitrogens with two attached hydrogens (primary N) is 1. The molecule has 29 heavy (non-hydrogen) atoms. The zero-order valence-corrected chi connectivity index (χ0v) is 18.5. The Morgan fingerprint density at radius 3 is 2.69 bits per heavy atom. The van der Waals surface area contributed by atoms with Crippen molar-refractivity contribution < 1.29 is 4.79 Å². The molecule has 4 rings (SSSR count). The van der Waals surface area contributed by atoms with E-state index in [2.05, 4.69) is 15.2 Å². The van der Waals surface area contributed by atoms with Crippen molar-refractivity contribution in [3.63, 3.8) is 0 Å². The number of aromatic nitrogens is 4. The number of carbonyl (C=O) groups excluding carboxylic acids is 1. The Kier molecular flexibility index (Phi) is 5.33. The lowest BCUT2D eigenvalue weighted by molar-refractivity contribution is 0.102. The maximum absolute atomic E-state index is 12.4. The van der Waals surface area contributed by atoms with Gasteiger partial charge in [-0.05, 0) is 49.7 Å². The van der Waals surface area contributed by atoms with Crippen molar-refractivity contribution in [3.05, 3.63) is 52.2 Å². The van der Waals surface area contributed by atoms with Gasteiger partial charge in [0, 0.05) is 28.7 Å². The number of nitrogen functional groups attached to an aromatic ring is 1. The highest BCUT2D eigenvalue weighted by atomic mass is 35.5. The Morgan fingerprint density at radius 1 is 1.24 bits per heavy atom. The highest BCUT2D eigenvalue weighted by Gasteiger charge is 2.20. The highest BCUT2D eigenvalue weighted by molar-refractivity contribution is 7.99. The summed E-state index contributed by atoms with van der Waals surface area (Å²) in [5, 5.41) is 10.8. The molecule has 0 aliphatic carbocycles. The van der Waals surface area contributed by atoms with Gasteiger partial charge < -0.3 is 10.3 Å². The molecule has 148 valence electrons. The fraction of sp³-hybridized carbons (Fsp3) is 0.200. The molecule has 0 saturated carbocycles. The number of aryl methyl sites for hydroxylation is 2. The topological polar surface area (TPSA) is 86.7 Å². The monoisotopic (exact) mass is 443 g/mol. The molecule has 0 bridgehead atoms. The number of Topliss-reactive ketones (excluding diaryl/α,β-unsaturated/α-hetero) is 1. The van der Waals surface area contributed by atoms with Gasteiger partial charge in [0.1, 0.15) is 4.83 Å². The smallest absolute Gasteiger partial charge is 0.191 e. The molecular formula is C20H18ClN5OS2. The van der Waals surface area contributed by atoms with Gasteiger partial charge in [0.05, 0.1) is 16.3 Å². The summed E-state index contributed by atoms with van der Waals surface area (Å²) in [7, 11) is 1.87. The molecule has 0 unspecified atom stereocenters. The number of thioether (sulfide) groups is 1. The number of hydrogen-bond acceptors (Lipinski definition) is 7. The van der Waals surface area contributed by atoms with Crippen LogP contribution in [-0.4, -0.2) is 31.3 Å². The van der Waals surface area contributed by atoms with Crippen molar-refractivity contribution in [3.8, 4) is 10.7 Å². The Balaban J connectivity index is 1.60. The third-order valence-electron chi connectivity index (χ3n) is 4.56. The van der Waals surface area contributed by atoms with E-state index in [0.29, 0.717) is 27.3 Å². The molecule has 3 aromatic heterocycles. The third-order valence-corrected chi connectivity index (χ3v) is 6.93. The van der Waals surface area contributed by atoms with Crippen LogP contribution in [0.15, 0.2) is 35.5 Å². The first-order valence-corrected chi connectivity index (χ1v) is 11.0. The Morgan fingerprint density at radius 2 is 1.97 bits per heavy atom. The molecule has 0 spiro atoms. The van der Waals surface area contributed by atoms with Crippen LogP contribution in [-0.2, 0) is 7.05 Å². The summed E-state index contributed by atoms with van der Waals surface area (Å²) in [5.41, 5.74) is 9.77. The minimum Gasteiger partial charge on any atom is -0.397 e. The van der Waals surface area contributed by atoms with Gasteiger partial charge in [-0.3, -0.25) is 4.79 Å². The normalized spacial score (nSPS) is 11.3. The molecule has 0 fully saturated rings. The Hall–Kier alpha value is -2.42. The minimum atomic E-state index is 0.00731. The molecule has 4 aromatic rings. The summed E-state index contributed by atoms with van der Waals surface area (Å²) in [6.45, 7) is 4.00. The number of anilines is 1. The van der Waals surface area contributed by atoms with Gasteiger partial charge in [0.25, 0.3) is 0 Å². The predicted octanol–water partition coefficient (Wildman–Crippen LogP) is 4.92. The Labute approximate surface area is 181 Å². The molecule has 0 amide bonds. The van der Waals surface area contributed by atoms with E-state index in [9.17, 15) is 4.79 Å². The molecule has 1 aromatic carbocycles. The molecule has 0 atom stereocenters. The number of pyridine rings is 1. The van der Waals surface area contributed by atoms with Crippen LogP contribution in [0.5, 0.6) is 0 Å². The van der Waals surface area contributed by atoms with Crippen LogP contribution in [0.25, 0.3) is 20.9 Å². The number of ketones is 1. The van der Waals surface area contributed by atoms with Crippen molar-refractivity contribution in [1.29, 1.82) is 0 Å². The first kappa shape index (κ1) is 19.9. The molecule has 0 radical (unpaired) electrons. The van der Waals surface area contributed by atoms with Gasteiger partial charge >= 0.3 is 0 Å². The van der Waals surface area contributed by atoms with Crippen molar-refractivity contribution in [2.24, 2.45) is 7.05 Å². The van der Waals surface area contributed by atoms with Gasteiger partial charge in [-0.15, -0.1) is 21.5 Å². The second-order valence-electron chi connectivity index (χ2n) is 6.69. The number of fused-ring (bicyclic) bond motifs is 1. The SMILES string of the molecule is Cc1cc(C)c2c(N)c(-c3nnc(SCC(=O)c4ccc(Cl)cc4)n3C)sc2n1. The number of thiophene rings is 1. The van der Waals surface area contributed by atoms with E-state index in [-0.39, 0.29) is 11.5 Å². The standard InChI is InChI=1S/C20H18ClN5OS2/c1-10-8-11(2)23-19-15(10)16(22)17(29-19)18-24-25-20(26(18)3)28-9-14(27)12-4-6-13(21)7-5-12/h4-8H,9,22H2,1-3H3. The first-order valence-electron chi connectivity index (χ1n) is 8.82. The fourth-order valence-electron chi connectivity index (χ4n) is 3.12. The van der Waals surface area contributed by atoms with Crippen LogP contribution >= 0.6 is 34.7 Å². The molecule has 9 heteroatoms. The summed E-state index contributed by atoms with van der Waals surface area (Å²) in [6, 6.07) is 8.89. The summed E-state index contributed by atoms with van der Waals surface area (Å²) >= 11 is 8.73. The maximum atomic E-state index is 12.4. The second-order valence-corrected chi connectivity index (χ2v) is 9.07. The van der Waals surface area contributed by atoms with Gasteiger partial charge in [-0.2, -0.15) is 0 Å². The second kappa shape index (κ2) is 7.78. The predicted molar refractivity (Wildman–Crippen MR) is 120 cm³/mol. The number of halogens is 1. The van der Waals surface area contributed by atoms with E-state index in [1.807, 2.05) is 31.5 Å². The Bertz CT molecular complexity index is 1230. The zero-order chi connectivity index (χ0) is 20.7. The zero-order valence-electron chi connectivity index (χ0n) is 16.1. The van der Waals surface area contributed by atoms with Gasteiger partial charge in [0.15, 0.2) is 16.8 Å². The fourth-order valence-corrected chi connectivity index (χ4v) is 5.29. The maximum Gasteiger partial charge on any atom is 0.191 e. The van der Waals surface area contributed by atoms with E-state index in [0.717, 1.165) is 26.4 Å². The molecule has 6 nitrogen and oxygen atoms in total. The molecule has 3 heterocycles. The van der Waals surface area contributed by atoms with Crippen molar-refractivity contribution >= 4 is 56.4 Å². The number of hydrogen-bond donors (Lipinski definition) is 1. The lowest BCUT2D eigenvalue weighted by Crippen LogP contribution is -2.03. The average Bonchev–Trinajstić information content (AvgIpc) is 3.20. The largest absolute Gasteiger partial charge is 0.397 e. The molecule has 0 aliphatic rings. The van der Waals surface area contributed by atoms with Crippen molar-refractivity contribution in [1.82, 2.24) is 19.7 Å². The van der Waals surface area contributed by atoms with E-state index in [4.69, 9.17) is 17.3 Å². The van der Waals surface area contributed by atoms with Crippen LogP contribution < -0.4 is 5.73 Å². The van der Waals surface area contributed by atoms with E-state index in [1.165, 1.54) is 23.1 Å². The summed E-state index contributed by atoms with van der Waals surface area (Å²) in [4.78, 5) is 18.7.